The van der Waals surface area contributed by atoms with E-state index in [1.807, 2.05) is 38.5 Å². The summed E-state index contributed by atoms with van der Waals surface area (Å²) in [5.74, 6) is 0.891. The lowest BCUT2D eigenvalue weighted by molar-refractivity contribution is 0.644. The second kappa shape index (κ2) is 4.35. The van der Waals surface area contributed by atoms with Gasteiger partial charge in [0.05, 0.1) is 11.7 Å². The van der Waals surface area contributed by atoms with Gasteiger partial charge in [-0.1, -0.05) is 0 Å². The number of anilines is 1. The fraction of sp³-hybridized carbons (Fsp3) is 0.333. The zero-order valence-corrected chi connectivity index (χ0v) is 9.81. The summed E-state index contributed by atoms with van der Waals surface area (Å²) in [7, 11) is 1.89. The van der Waals surface area contributed by atoms with Gasteiger partial charge in [-0.2, -0.15) is 0 Å². The van der Waals surface area contributed by atoms with Crippen LogP contribution in [0.5, 0.6) is 0 Å². The normalized spacial score (nSPS) is 12.4. The van der Waals surface area contributed by atoms with Gasteiger partial charge in [-0.3, -0.25) is 4.98 Å². The molecule has 0 saturated carbocycles. The third-order valence-electron chi connectivity index (χ3n) is 2.68. The van der Waals surface area contributed by atoms with E-state index >= 15 is 0 Å². The zero-order valence-electron chi connectivity index (χ0n) is 9.81. The molecule has 0 aliphatic rings. The first kappa shape index (κ1) is 10.7. The van der Waals surface area contributed by atoms with E-state index < -0.39 is 0 Å². The Morgan fingerprint density at radius 3 is 2.62 bits per heavy atom. The van der Waals surface area contributed by atoms with Crippen LogP contribution >= 0.6 is 0 Å². The van der Waals surface area contributed by atoms with Gasteiger partial charge < -0.3 is 9.88 Å². The van der Waals surface area contributed by atoms with Crippen LogP contribution in [0.2, 0.25) is 0 Å². The first-order chi connectivity index (χ1) is 7.72. The Labute approximate surface area is 95.4 Å². The number of rotatable bonds is 3. The van der Waals surface area contributed by atoms with Gasteiger partial charge >= 0.3 is 0 Å². The highest BCUT2D eigenvalue weighted by atomic mass is 15.2. The van der Waals surface area contributed by atoms with Crippen LogP contribution in [0.15, 0.2) is 30.7 Å². The maximum Gasteiger partial charge on any atom is 0.203 e. The molecule has 0 bridgehead atoms. The maximum absolute atomic E-state index is 4.41. The summed E-state index contributed by atoms with van der Waals surface area (Å²) in [6.07, 6.45) is 5.68. The highest BCUT2D eigenvalue weighted by molar-refractivity contribution is 5.31. The topological polar surface area (TPSA) is 42.7 Å². The first-order valence-corrected chi connectivity index (χ1v) is 5.35. The van der Waals surface area contributed by atoms with Crippen LogP contribution < -0.4 is 5.32 Å². The van der Waals surface area contributed by atoms with E-state index in [4.69, 9.17) is 0 Å². The molecule has 1 atom stereocenters. The van der Waals surface area contributed by atoms with Crippen LogP contribution in [0.4, 0.5) is 5.95 Å². The van der Waals surface area contributed by atoms with Gasteiger partial charge in [0.1, 0.15) is 0 Å². The van der Waals surface area contributed by atoms with Gasteiger partial charge in [0.25, 0.3) is 0 Å². The van der Waals surface area contributed by atoms with E-state index in [0.29, 0.717) is 0 Å². The zero-order chi connectivity index (χ0) is 11.5. The number of hydrogen-bond donors (Lipinski definition) is 1. The van der Waals surface area contributed by atoms with Crippen molar-refractivity contribution in [1.82, 2.24) is 14.5 Å². The number of hydrogen-bond acceptors (Lipinski definition) is 3. The van der Waals surface area contributed by atoms with Crippen molar-refractivity contribution >= 4 is 5.95 Å². The Balaban J connectivity index is 2.37. The summed E-state index contributed by atoms with van der Waals surface area (Å²) < 4.78 is 2.13. The van der Waals surface area contributed by atoms with E-state index in [-0.39, 0.29) is 6.04 Å². The first-order valence-electron chi connectivity index (χ1n) is 5.35. The number of pyridine rings is 1. The third-order valence-corrected chi connectivity index (χ3v) is 2.68. The van der Waals surface area contributed by atoms with Crippen molar-refractivity contribution in [3.05, 3.63) is 42.0 Å². The molecule has 2 aromatic rings. The van der Waals surface area contributed by atoms with Crippen molar-refractivity contribution in [2.45, 2.75) is 19.9 Å². The number of aryl methyl sites for hydroxylation is 1. The molecule has 2 aromatic heterocycles. The minimum Gasteiger partial charge on any atom is -0.359 e. The van der Waals surface area contributed by atoms with Crippen molar-refractivity contribution in [3.8, 4) is 0 Å². The molecule has 0 spiro atoms. The second-order valence-electron chi connectivity index (χ2n) is 3.82. The lowest BCUT2D eigenvalue weighted by Gasteiger charge is -2.15. The predicted molar refractivity (Wildman–Crippen MR) is 64.6 cm³/mol. The minimum atomic E-state index is 0.256. The average molecular weight is 216 g/mol. The molecule has 1 unspecified atom stereocenters. The standard InChI is InChI=1S/C12H16N4/c1-9-8-16(12(13-3)15-9)10(2)11-4-6-14-7-5-11/h4-8,10H,1-3H3,(H,13,15). The molecule has 84 valence electrons. The smallest absolute Gasteiger partial charge is 0.203 e. The molecule has 0 aliphatic carbocycles. The Kier molecular flexibility index (Phi) is 2.90. The van der Waals surface area contributed by atoms with Crippen molar-refractivity contribution in [2.24, 2.45) is 0 Å². The molecule has 0 aliphatic heterocycles. The monoisotopic (exact) mass is 216 g/mol. The molecular formula is C12H16N4. The summed E-state index contributed by atoms with van der Waals surface area (Å²) >= 11 is 0. The molecule has 0 fully saturated rings. The van der Waals surface area contributed by atoms with E-state index in [0.717, 1.165) is 11.6 Å². The molecule has 4 heteroatoms. The quantitative estimate of drug-likeness (QED) is 0.855. The van der Waals surface area contributed by atoms with E-state index in [1.165, 1.54) is 5.56 Å². The molecule has 0 saturated heterocycles. The van der Waals surface area contributed by atoms with Crippen molar-refractivity contribution in [2.75, 3.05) is 12.4 Å². The van der Waals surface area contributed by atoms with E-state index in [9.17, 15) is 0 Å². The van der Waals surface area contributed by atoms with Crippen LogP contribution in [0.25, 0.3) is 0 Å². The van der Waals surface area contributed by atoms with Gasteiger partial charge in [0.15, 0.2) is 0 Å². The third kappa shape index (κ3) is 1.91. The highest BCUT2D eigenvalue weighted by Gasteiger charge is 2.12. The average Bonchev–Trinajstić information content (AvgIpc) is 2.70. The van der Waals surface area contributed by atoms with Gasteiger partial charge in [-0.25, -0.2) is 4.98 Å². The molecule has 2 rings (SSSR count). The fourth-order valence-electron chi connectivity index (χ4n) is 1.80. The Morgan fingerprint density at radius 1 is 1.31 bits per heavy atom. The van der Waals surface area contributed by atoms with Gasteiger partial charge in [0, 0.05) is 25.6 Å². The lowest BCUT2D eigenvalue weighted by Crippen LogP contribution is -2.09. The fourth-order valence-corrected chi connectivity index (χ4v) is 1.80. The summed E-state index contributed by atoms with van der Waals surface area (Å²) in [5.41, 5.74) is 2.24. The molecule has 16 heavy (non-hydrogen) atoms. The van der Waals surface area contributed by atoms with Crippen LogP contribution in [0.3, 0.4) is 0 Å². The van der Waals surface area contributed by atoms with E-state index in [2.05, 4.69) is 33.0 Å². The number of aromatic nitrogens is 3. The molecule has 0 radical (unpaired) electrons. The Morgan fingerprint density at radius 2 is 2.00 bits per heavy atom. The number of nitrogens with one attached hydrogen (secondary N) is 1. The van der Waals surface area contributed by atoms with Crippen LogP contribution in [-0.4, -0.2) is 21.6 Å². The summed E-state index contributed by atoms with van der Waals surface area (Å²) in [4.78, 5) is 8.44. The van der Waals surface area contributed by atoms with Crippen LogP contribution in [-0.2, 0) is 0 Å². The molecule has 0 amide bonds. The predicted octanol–water partition coefficient (Wildman–Crippen LogP) is 2.24. The molecular weight excluding hydrogens is 200 g/mol. The molecule has 0 aromatic carbocycles. The molecule has 2 heterocycles. The second-order valence-corrected chi connectivity index (χ2v) is 3.82. The van der Waals surface area contributed by atoms with Crippen LogP contribution in [0.1, 0.15) is 24.2 Å². The van der Waals surface area contributed by atoms with E-state index in [1.54, 1.807) is 0 Å². The molecule has 4 nitrogen and oxygen atoms in total. The lowest BCUT2D eigenvalue weighted by atomic mass is 10.1. The van der Waals surface area contributed by atoms with Crippen LogP contribution in [0, 0.1) is 6.92 Å². The Bertz CT molecular complexity index is 461. The number of imidazole rings is 1. The summed E-state index contributed by atoms with van der Waals surface area (Å²) in [5, 5.41) is 3.10. The Hall–Kier alpha value is -1.84. The SMILES string of the molecule is CNc1nc(C)cn1C(C)c1ccncc1. The largest absolute Gasteiger partial charge is 0.359 e. The van der Waals surface area contributed by atoms with Crippen molar-refractivity contribution < 1.29 is 0 Å². The molecule has 1 N–H and O–H groups in total. The van der Waals surface area contributed by atoms with Gasteiger partial charge in [0.2, 0.25) is 5.95 Å². The van der Waals surface area contributed by atoms with Crippen molar-refractivity contribution in [3.63, 3.8) is 0 Å². The number of nitrogens with zero attached hydrogens (tertiary/aromatic N) is 3. The minimum absolute atomic E-state index is 0.256. The highest BCUT2D eigenvalue weighted by Crippen LogP contribution is 2.21. The summed E-state index contributed by atoms with van der Waals surface area (Å²) in [6, 6.07) is 4.31. The summed E-state index contributed by atoms with van der Waals surface area (Å²) in [6.45, 7) is 4.15. The maximum atomic E-state index is 4.41. The van der Waals surface area contributed by atoms with Crippen molar-refractivity contribution in [1.29, 1.82) is 0 Å². The van der Waals surface area contributed by atoms with Gasteiger partial charge in [-0.05, 0) is 31.5 Å². The van der Waals surface area contributed by atoms with Gasteiger partial charge in [-0.15, -0.1) is 0 Å².